The van der Waals surface area contributed by atoms with Gasteiger partial charge >= 0.3 is 0 Å². The molecule has 5 unspecified atom stereocenters. The molecule has 0 aliphatic carbocycles. The average molecular weight is 572 g/mol. The average Bonchev–Trinajstić information content (AvgIpc) is 3.50. The Balaban J connectivity index is 1.59. The minimum absolute atomic E-state index is 0.0725. The van der Waals surface area contributed by atoms with Crippen LogP contribution >= 0.6 is 8.53 Å². The number of hydrogen-bond donors (Lipinski definition) is 1. The van der Waals surface area contributed by atoms with Crippen LogP contribution in [0, 0.1) is 11.3 Å². The molecule has 3 heterocycles. The number of amides is 1. The van der Waals surface area contributed by atoms with Gasteiger partial charge in [0.05, 0.1) is 31.5 Å². The topological polar surface area (TPSA) is 127 Å². The molecular formula is C27H35FN7O4P. The van der Waals surface area contributed by atoms with Crippen molar-refractivity contribution in [3.63, 3.8) is 0 Å². The molecule has 3 aromatic rings. The minimum Gasteiger partial charge on any atom is -0.349 e. The molecule has 1 aromatic carbocycles. The smallest absolute Gasteiger partial charge is 0.259 e. The van der Waals surface area contributed by atoms with E-state index in [0.29, 0.717) is 23.1 Å². The first-order valence-corrected chi connectivity index (χ1v) is 14.5. The number of hydrogen-bond acceptors (Lipinski definition) is 9. The van der Waals surface area contributed by atoms with Gasteiger partial charge in [-0.25, -0.2) is 24.0 Å². The lowest BCUT2D eigenvalue weighted by Gasteiger charge is -2.37. The number of ether oxygens (including phenoxy) is 1. The normalized spacial score (nSPS) is 21.8. The van der Waals surface area contributed by atoms with Crippen LogP contribution in [0.2, 0.25) is 0 Å². The van der Waals surface area contributed by atoms with Crippen molar-refractivity contribution in [2.75, 3.05) is 11.9 Å². The highest BCUT2D eigenvalue weighted by Gasteiger charge is 2.49. The van der Waals surface area contributed by atoms with Gasteiger partial charge in [0.15, 0.2) is 29.4 Å². The fourth-order valence-corrected chi connectivity index (χ4v) is 6.43. The molecule has 0 radical (unpaired) electrons. The third-order valence-electron chi connectivity index (χ3n) is 6.44. The number of carbonyl (C=O) groups excluding carboxylic acids is 1. The van der Waals surface area contributed by atoms with Crippen molar-refractivity contribution in [1.82, 2.24) is 24.2 Å². The Morgan fingerprint density at radius 2 is 1.95 bits per heavy atom. The van der Waals surface area contributed by atoms with E-state index in [9.17, 15) is 4.79 Å². The molecule has 11 nitrogen and oxygen atoms in total. The molecule has 1 amide bonds. The number of nitrogens with zero attached hydrogens (tertiary/aromatic N) is 6. The van der Waals surface area contributed by atoms with Crippen LogP contribution in [0.3, 0.4) is 0 Å². The molecule has 5 atom stereocenters. The molecule has 214 valence electrons. The van der Waals surface area contributed by atoms with Crippen molar-refractivity contribution in [3.8, 4) is 6.07 Å². The van der Waals surface area contributed by atoms with Crippen molar-refractivity contribution in [2.24, 2.45) is 0 Å². The summed E-state index contributed by atoms with van der Waals surface area (Å²) in [5.74, 6) is -0.135. The quantitative estimate of drug-likeness (QED) is 0.225. The third-order valence-corrected chi connectivity index (χ3v) is 8.57. The van der Waals surface area contributed by atoms with E-state index >= 15 is 4.39 Å². The van der Waals surface area contributed by atoms with Gasteiger partial charge in [0.1, 0.15) is 12.4 Å². The molecule has 1 saturated heterocycles. The van der Waals surface area contributed by atoms with Crippen molar-refractivity contribution < 1.29 is 23.0 Å². The number of halogens is 1. The summed E-state index contributed by atoms with van der Waals surface area (Å²) >= 11 is 0. The summed E-state index contributed by atoms with van der Waals surface area (Å²) < 4.78 is 38.3. The zero-order chi connectivity index (χ0) is 28.8. The lowest BCUT2D eigenvalue weighted by atomic mass is 10.1. The van der Waals surface area contributed by atoms with Crippen LogP contribution < -0.4 is 5.32 Å². The highest BCUT2D eigenvalue weighted by atomic mass is 31.2. The minimum atomic E-state index is -1.67. The van der Waals surface area contributed by atoms with E-state index in [0.717, 1.165) is 0 Å². The van der Waals surface area contributed by atoms with E-state index in [4.69, 9.17) is 19.0 Å². The molecule has 0 bridgehead atoms. The fourth-order valence-electron chi connectivity index (χ4n) is 4.67. The summed E-state index contributed by atoms with van der Waals surface area (Å²) in [6, 6.07) is 11.0. The lowest BCUT2D eigenvalue weighted by molar-refractivity contribution is -0.0230. The monoisotopic (exact) mass is 571 g/mol. The lowest BCUT2D eigenvalue weighted by Crippen LogP contribution is -2.37. The molecule has 40 heavy (non-hydrogen) atoms. The van der Waals surface area contributed by atoms with E-state index in [1.165, 1.54) is 17.2 Å². The summed E-state index contributed by atoms with van der Waals surface area (Å²) in [6.45, 7) is 10.2. The number of nitriles is 1. The highest BCUT2D eigenvalue weighted by Crippen LogP contribution is 2.51. The maximum atomic E-state index is 16.2. The number of anilines is 1. The van der Waals surface area contributed by atoms with Crippen LogP contribution in [-0.4, -0.2) is 67.2 Å². The second kappa shape index (κ2) is 13.5. The maximum absolute atomic E-state index is 16.2. The first kappa shape index (κ1) is 29.9. The highest BCUT2D eigenvalue weighted by molar-refractivity contribution is 7.44. The summed E-state index contributed by atoms with van der Waals surface area (Å²) in [5.41, 5.74) is 1.10. The number of alkyl halides is 1. The van der Waals surface area contributed by atoms with E-state index in [1.54, 1.807) is 24.3 Å². The summed E-state index contributed by atoms with van der Waals surface area (Å²) in [5, 5.41) is 11.8. The summed E-state index contributed by atoms with van der Waals surface area (Å²) in [4.78, 5) is 25.6. The van der Waals surface area contributed by atoms with Crippen LogP contribution in [-0.2, 0) is 13.8 Å². The zero-order valence-corrected chi connectivity index (χ0v) is 24.2. The number of rotatable bonds is 12. The van der Waals surface area contributed by atoms with Gasteiger partial charge in [0.2, 0.25) is 0 Å². The Labute approximate surface area is 234 Å². The van der Waals surface area contributed by atoms with E-state index < -0.39 is 33.1 Å². The van der Waals surface area contributed by atoms with E-state index in [1.807, 2.05) is 40.7 Å². The Bertz CT molecular complexity index is 1310. The van der Waals surface area contributed by atoms with Gasteiger partial charge in [-0.1, -0.05) is 25.1 Å². The molecule has 4 rings (SSSR count). The van der Waals surface area contributed by atoms with Crippen molar-refractivity contribution in [3.05, 3.63) is 48.5 Å². The number of aromatic nitrogens is 4. The molecule has 1 fully saturated rings. The Morgan fingerprint density at radius 3 is 2.60 bits per heavy atom. The molecule has 1 aliphatic rings. The Morgan fingerprint density at radius 1 is 1.23 bits per heavy atom. The second-order valence-corrected chi connectivity index (χ2v) is 11.3. The van der Waals surface area contributed by atoms with Crippen LogP contribution in [0.1, 0.15) is 64.0 Å². The molecule has 0 spiro atoms. The Hall–Kier alpha value is -3.07. The maximum Gasteiger partial charge on any atom is 0.259 e. The molecular weight excluding hydrogens is 536 g/mol. The molecule has 0 saturated carbocycles. The van der Waals surface area contributed by atoms with Gasteiger partial charge in [-0.3, -0.25) is 9.36 Å². The Kier molecular flexibility index (Phi) is 10.1. The second-order valence-electron chi connectivity index (χ2n) is 9.90. The largest absolute Gasteiger partial charge is 0.349 e. The molecule has 13 heteroatoms. The zero-order valence-electron chi connectivity index (χ0n) is 23.3. The van der Waals surface area contributed by atoms with Crippen LogP contribution in [0.4, 0.5) is 10.2 Å². The van der Waals surface area contributed by atoms with Gasteiger partial charge < -0.3 is 19.1 Å². The predicted molar refractivity (Wildman–Crippen MR) is 149 cm³/mol. The molecule has 2 aromatic heterocycles. The van der Waals surface area contributed by atoms with Gasteiger partial charge in [0, 0.05) is 17.6 Å². The van der Waals surface area contributed by atoms with E-state index in [-0.39, 0.29) is 36.8 Å². The van der Waals surface area contributed by atoms with Crippen LogP contribution in [0.15, 0.2) is 43.0 Å². The van der Waals surface area contributed by atoms with Gasteiger partial charge in [0.25, 0.3) is 14.4 Å². The van der Waals surface area contributed by atoms with Gasteiger partial charge in [-0.2, -0.15) is 5.26 Å². The van der Waals surface area contributed by atoms with Gasteiger partial charge in [-0.05, 0) is 46.2 Å². The van der Waals surface area contributed by atoms with Crippen LogP contribution in [0.5, 0.6) is 0 Å². The third kappa shape index (κ3) is 6.45. The van der Waals surface area contributed by atoms with Crippen LogP contribution in [0.25, 0.3) is 11.2 Å². The van der Waals surface area contributed by atoms with E-state index in [2.05, 4.69) is 31.0 Å². The number of benzene rings is 1. The number of carbonyl (C=O) groups is 1. The fraction of sp³-hybridized carbons (Fsp3) is 0.519. The molecule has 1 aliphatic heterocycles. The summed E-state index contributed by atoms with van der Waals surface area (Å²) in [7, 11) is -1.67. The van der Waals surface area contributed by atoms with Crippen molar-refractivity contribution >= 4 is 31.4 Å². The predicted octanol–water partition coefficient (Wildman–Crippen LogP) is 5.39. The number of nitrogens with one attached hydrogen (secondary N) is 1. The standard InChI is InChI=1S/C27H35FN7O4P/c1-6-20-23(39-40(37-14-10-13-29)35(17(2)3)18(4)5)21(28)27(38-20)34-16-32-22-24(30-15-31-25(22)34)33-26(36)19-11-8-7-9-12-19/h7-9,11-12,15-18,20-21,23,27H,6,10,14H2,1-5H3,(H,30,31,33,36). The molecule has 1 N–H and O–H groups in total. The SMILES string of the molecule is CCC1OC(n2cnc3c(NC(=O)c4ccccc4)ncnc32)C(F)C1OP(OCCC#N)N(C(C)C)C(C)C. The number of imidazole rings is 1. The number of fused-ring (bicyclic) bond motifs is 1. The van der Waals surface area contributed by atoms with Crippen molar-refractivity contribution in [1.29, 1.82) is 5.26 Å². The summed E-state index contributed by atoms with van der Waals surface area (Å²) in [6.07, 6.45) is -0.657. The first-order valence-electron chi connectivity index (χ1n) is 13.3. The first-order chi connectivity index (χ1) is 19.3. The van der Waals surface area contributed by atoms with Crippen molar-refractivity contribution in [2.45, 2.75) is 84.2 Å². The van der Waals surface area contributed by atoms with Gasteiger partial charge in [-0.15, -0.1) is 0 Å².